The van der Waals surface area contributed by atoms with E-state index in [1.807, 2.05) is 0 Å². The summed E-state index contributed by atoms with van der Waals surface area (Å²) in [6.45, 7) is 4.78. The van der Waals surface area contributed by atoms with Crippen molar-refractivity contribution < 1.29 is 19.1 Å². The van der Waals surface area contributed by atoms with E-state index in [0.717, 1.165) is 11.0 Å². The van der Waals surface area contributed by atoms with Crippen LogP contribution in [0.25, 0.3) is 0 Å². The van der Waals surface area contributed by atoms with E-state index in [1.54, 1.807) is 6.92 Å². The standard InChI is InChI=1S/C13H14FNO3/c1-3-6-15(8-12(16)17)13(18)11-7-10(14)5-4-9(11)2/h3-5,7H,1,6,8H2,2H3,(H,16,17). The third-order valence-corrected chi connectivity index (χ3v) is 2.39. The van der Waals surface area contributed by atoms with E-state index in [2.05, 4.69) is 6.58 Å². The molecule has 1 amide bonds. The molecule has 0 heterocycles. The van der Waals surface area contributed by atoms with Crippen LogP contribution in [0.2, 0.25) is 0 Å². The monoisotopic (exact) mass is 251 g/mol. The maximum Gasteiger partial charge on any atom is 0.323 e. The van der Waals surface area contributed by atoms with Crippen molar-refractivity contribution in [1.29, 1.82) is 0 Å². The van der Waals surface area contributed by atoms with Gasteiger partial charge in [0.05, 0.1) is 0 Å². The molecule has 0 aliphatic heterocycles. The molecule has 18 heavy (non-hydrogen) atoms. The molecule has 1 aromatic carbocycles. The molecule has 0 fully saturated rings. The number of hydrogen-bond donors (Lipinski definition) is 1. The highest BCUT2D eigenvalue weighted by Crippen LogP contribution is 2.13. The summed E-state index contributed by atoms with van der Waals surface area (Å²) in [5, 5.41) is 8.73. The van der Waals surface area contributed by atoms with Gasteiger partial charge < -0.3 is 10.0 Å². The first-order chi connectivity index (χ1) is 8.45. The van der Waals surface area contributed by atoms with Gasteiger partial charge in [-0.15, -0.1) is 6.58 Å². The molecule has 1 N–H and O–H groups in total. The Balaban J connectivity index is 3.04. The van der Waals surface area contributed by atoms with E-state index >= 15 is 0 Å². The lowest BCUT2D eigenvalue weighted by atomic mass is 10.1. The topological polar surface area (TPSA) is 57.6 Å². The van der Waals surface area contributed by atoms with E-state index in [4.69, 9.17) is 5.11 Å². The zero-order valence-electron chi connectivity index (χ0n) is 10.0. The number of nitrogens with zero attached hydrogens (tertiary/aromatic N) is 1. The van der Waals surface area contributed by atoms with Crippen molar-refractivity contribution in [1.82, 2.24) is 4.90 Å². The first-order valence-corrected chi connectivity index (χ1v) is 5.33. The van der Waals surface area contributed by atoms with Gasteiger partial charge >= 0.3 is 5.97 Å². The Labute approximate surface area is 104 Å². The van der Waals surface area contributed by atoms with Crippen molar-refractivity contribution in [3.8, 4) is 0 Å². The summed E-state index contributed by atoms with van der Waals surface area (Å²) in [5.41, 5.74) is 0.763. The molecule has 0 atom stereocenters. The Morgan fingerprint density at radius 2 is 2.17 bits per heavy atom. The number of hydrogen-bond acceptors (Lipinski definition) is 2. The van der Waals surface area contributed by atoms with E-state index in [1.165, 1.54) is 18.2 Å². The van der Waals surface area contributed by atoms with Crippen molar-refractivity contribution in [2.24, 2.45) is 0 Å². The first kappa shape index (κ1) is 13.9. The van der Waals surface area contributed by atoms with Crippen molar-refractivity contribution >= 4 is 11.9 Å². The van der Waals surface area contributed by atoms with Gasteiger partial charge in [0.25, 0.3) is 5.91 Å². The summed E-state index contributed by atoms with van der Waals surface area (Å²) >= 11 is 0. The summed E-state index contributed by atoms with van der Waals surface area (Å²) in [5.74, 6) is -2.17. The van der Waals surface area contributed by atoms with E-state index < -0.39 is 24.2 Å². The predicted octanol–water partition coefficient (Wildman–Crippen LogP) is 1.85. The van der Waals surface area contributed by atoms with Crippen LogP contribution in [0.15, 0.2) is 30.9 Å². The van der Waals surface area contributed by atoms with Gasteiger partial charge in [0.1, 0.15) is 12.4 Å². The van der Waals surface area contributed by atoms with Gasteiger partial charge in [-0.3, -0.25) is 9.59 Å². The number of halogens is 1. The molecule has 0 unspecified atom stereocenters. The van der Waals surface area contributed by atoms with Crippen LogP contribution in [-0.4, -0.2) is 35.0 Å². The Morgan fingerprint density at radius 3 is 2.72 bits per heavy atom. The van der Waals surface area contributed by atoms with Crippen LogP contribution in [0.1, 0.15) is 15.9 Å². The Hall–Kier alpha value is -2.17. The first-order valence-electron chi connectivity index (χ1n) is 5.33. The minimum atomic E-state index is -1.13. The molecule has 0 bridgehead atoms. The second-order valence-corrected chi connectivity index (χ2v) is 3.83. The second kappa shape index (κ2) is 5.95. The molecule has 0 aliphatic carbocycles. The van der Waals surface area contributed by atoms with Crippen molar-refractivity contribution in [3.05, 3.63) is 47.8 Å². The number of carbonyl (C=O) groups excluding carboxylic acids is 1. The molecule has 0 spiro atoms. The average Bonchev–Trinajstić information content (AvgIpc) is 2.30. The molecule has 4 nitrogen and oxygen atoms in total. The fourth-order valence-corrected chi connectivity index (χ4v) is 1.53. The number of rotatable bonds is 5. The molecule has 0 aliphatic rings. The third-order valence-electron chi connectivity index (χ3n) is 2.39. The lowest BCUT2D eigenvalue weighted by Gasteiger charge is -2.19. The summed E-state index contributed by atoms with van der Waals surface area (Å²) in [6, 6.07) is 3.84. The number of carboxylic acid groups (broad SMARTS) is 1. The van der Waals surface area contributed by atoms with Crippen LogP contribution < -0.4 is 0 Å². The van der Waals surface area contributed by atoms with Gasteiger partial charge in [-0.1, -0.05) is 12.1 Å². The highest BCUT2D eigenvalue weighted by Gasteiger charge is 2.19. The SMILES string of the molecule is C=CCN(CC(=O)O)C(=O)c1cc(F)ccc1C. The highest BCUT2D eigenvalue weighted by molar-refractivity contribution is 5.97. The molecule has 96 valence electrons. The van der Waals surface area contributed by atoms with Crippen LogP contribution in [0.5, 0.6) is 0 Å². The summed E-state index contributed by atoms with van der Waals surface area (Å²) < 4.78 is 13.1. The van der Waals surface area contributed by atoms with Crippen molar-refractivity contribution in [3.63, 3.8) is 0 Å². The Morgan fingerprint density at radius 1 is 1.50 bits per heavy atom. The number of amides is 1. The minimum Gasteiger partial charge on any atom is -0.480 e. The van der Waals surface area contributed by atoms with Crippen LogP contribution in [0, 0.1) is 12.7 Å². The zero-order chi connectivity index (χ0) is 13.7. The molecule has 1 rings (SSSR count). The van der Waals surface area contributed by atoms with E-state index in [-0.39, 0.29) is 12.1 Å². The smallest absolute Gasteiger partial charge is 0.323 e. The summed E-state index contributed by atoms with van der Waals surface area (Å²) in [6.07, 6.45) is 1.43. The fourth-order valence-electron chi connectivity index (χ4n) is 1.53. The van der Waals surface area contributed by atoms with Gasteiger partial charge in [-0.2, -0.15) is 0 Å². The van der Waals surface area contributed by atoms with Crippen LogP contribution in [0.3, 0.4) is 0 Å². The van der Waals surface area contributed by atoms with Gasteiger partial charge in [0, 0.05) is 12.1 Å². The average molecular weight is 251 g/mol. The fraction of sp³-hybridized carbons (Fsp3) is 0.231. The summed E-state index contributed by atoms with van der Waals surface area (Å²) in [4.78, 5) is 23.9. The zero-order valence-corrected chi connectivity index (χ0v) is 10.0. The van der Waals surface area contributed by atoms with Crippen LogP contribution >= 0.6 is 0 Å². The van der Waals surface area contributed by atoms with Crippen LogP contribution in [0.4, 0.5) is 4.39 Å². The van der Waals surface area contributed by atoms with Crippen molar-refractivity contribution in [2.45, 2.75) is 6.92 Å². The number of carboxylic acids is 1. The Kier molecular flexibility index (Phi) is 4.59. The molecule has 5 heteroatoms. The highest BCUT2D eigenvalue weighted by atomic mass is 19.1. The molecule has 0 saturated heterocycles. The molecule has 1 aromatic rings. The molecular weight excluding hydrogens is 237 g/mol. The lowest BCUT2D eigenvalue weighted by molar-refractivity contribution is -0.137. The van der Waals surface area contributed by atoms with Gasteiger partial charge in [0.2, 0.25) is 0 Å². The number of aliphatic carboxylic acids is 1. The maximum atomic E-state index is 13.1. The largest absolute Gasteiger partial charge is 0.480 e. The third kappa shape index (κ3) is 3.41. The molecular formula is C13H14FNO3. The van der Waals surface area contributed by atoms with Gasteiger partial charge in [-0.25, -0.2) is 4.39 Å². The van der Waals surface area contributed by atoms with Crippen LogP contribution in [-0.2, 0) is 4.79 Å². The predicted molar refractivity (Wildman–Crippen MR) is 64.9 cm³/mol. The molecule has 0 aromatic heterocycles. The van der Waals surface area contributed by atoms with Crippen molar-refractivity contribution in [2.75, 3.05) is 13.1 Å². The van der Waals surface area contributed by atoms with E-state index in [0.29, 0.717) is 5.56 Å². The lowest BCUT2D eigenvalue weighted by Crippen LogP contribution is -2.36. The number of aryl methyl sites for hydroxylation is 1. The maximum absolute atomic E-state index is 13.1. The number of carbonyl (C=O) groups is 2. The number of benzene rings is 1. The minimum absolute atomic E-state index is 0.0983. The second-order valence-electron chi connectivity index (χ2n) is 3.83. The summed E-state index contributed by atoms with van der Waals surface area (Å²) in [7, 11) is 0. The van der Waals surface area contributed by atoms with Gasteiger partial charge in [-0.05, 0) is 24.6 Å². The van der Waals surface area contributed by atoms with Gasteiger partial charge in [0.15, 0.2) is 0 Å². The van der Waals surface area contributed by atoms with E-state index in [9.17, 15) is 14.0 Å². The molecule has 0 radical (unpaired) electrons. The quantitative estimate of drug-likeness (QED) is 0.812. The Bertz CT molecular complexity index is 485. The molecule has 0 saturated carbocycles. The normalized spacial score (nSPS) is 9.89.